The van der Waals surface area contributed by atoms with Crippen molar-refractivity contribution in [2.75, 3.05) is 18.4 Å². The van der Waals surface area contributed by atoms with Gasteiger partial charge in [-0.1, -0.05) is 13.8 Å². The van der Waals surface area contributed by atoms with Gasteiger partial charge in [0.1, 0.15) is 5.60 Å². The van der Waals surface area contributed by atoms with Gasteiger partial charge in [-0.3, -0.25) is 4.79 Å². The highest BCUT2D eigenvalue weighted by Crippen LogP contribution is 2.28. The van der Waals surface area contributed by atoms with Crippen LogP contribution in [0.4, 0.5) is 10.5 Å². The van der Waals surface area contributed by atoms with E-state index in [-0.39, 0.29) is 17.7 Å². The zero-order valence-corrected chi connectivity index (χ0v) is 12.0. The molecular weight excluding hydrogens is 256 g/mol. The van der Waals surface area contributed by atoms with Crippen LogP contribution >= 0.6 is 0 Å². The van der Waals surface area contributed by atoms with Gasteiger partial charge < -0.3 is 15.3 Å². The van der Waals surface area contributed by atoms with Gasteiger partial charge in [-0.2, -0.15) is 0 Å². The number of rotatable bonds is 3. The Morgan fingerprint density at radius 2 is 1.80 bits per heavy atom. The lowest BCUT2D eigenvalue weighted by Gasteiger charge is -2.48. The molecule has 0 atom stereocenters. The molecule has 0 spiro atoms. The molecule has 2 N–H and O–H groups in total. The molecule has 1 fully saturated rings. The van der Waals surface area contributed by atoms with Crippen molar-refractivity contribution in [3.63, 3.8) is 0 Å². The predicted molar refractivity (Wildman–Crippen MR) is 76.8 cm³/mol. The fraction of sp³-hybridized carbons (Fsp3) is 0.467. The maximum atomic E-state index is 12.0. The number of benzene rings is 1. The molecule has 1 aromatic rings. The summed E-state index contributed by atoms with van der Waals surface area (Å²) in [5, 5.41) is 12.9. The van der Waals surface area contributed by atoms with E-state index in [4.69, 9.17) is 0 Å². The average molecular weight is 276 g/mol. The number of anilines is 1. The Morgan fingerprint density at radius 3 is 2.25 bits per heavy atom. The van der Waals surface area contributed by atoms with Gasteiger partial charge in [0.2, 0.25) is 0 Å². The van der Waals surface area contributed by atoms with E-state index in [9.17, 15) is 14.7 Å². The number of ketones is 1. The molecule has 0 aromatic heterocycles. The van der Waals surface area contributed by atoms with E-state index in [0.29, 0.717) is 24.3 Å². The summed E-state index contributed by atoms with van der Waals surface area (Å²) in [6, 6.07) is 6.52. The van der Waals surface area contributed by atoms with Gasteiger partial charge in [-0.05, 0) is 37.1 Å². The number of nitrogens with zero attached hydrogens (tertiary/aromatic N) is 1. The Hall–Kier alpha value is -1.88. The number of urea groups is 1. The zero-order chi connectivity index (χ0) is 14.9. The van der Waals surface area contributed by atoms with Crippen LogP contribution in [-0.4, -0.2) is 40.5 Å². The third-order valence-corrected chi connectivity index (χ3v) is 3.83. The second kappa shape index (κ2) is 5.25. The number of hydrogen-bond donors (Lipinski definition) is 2. The lowest BCUT2D eigenvalue weighted by molar-refractivity contribution is -0.105. The number of nitrogens with one attached hydrogen (secondary N) is 1. The number of carbonyl (C=O) groups excluding carboxylic acids is 2. The van der Waals surface area contributed by atoms with Crippen molar-refractivity contribution in [1.29, 1.82) is 0 Å². The first kappa shape index (κ1) is 14.5. The second-order valence-corrected chi connectivity index (χ2v) is 5.68. The molecule has 0 bridgehead atoms. The van der Waals surface area contributed by atoms with Crippen LogP contribution in [0.5, 0.6) is 0 Å². The van der Waals surface area contributed by atoms with Crippen molar-refractivity contribution in [3.8, 4) is 0 Å². The molecule has 1 saturated heterocycles. The Balaban J connectivity index is 1.92. The molecular formula is C15H20N2O3. The highest BCUT2D eigenvalue weighted by Gasteiger charge is 2.45. The summed E-state index contributed by atoms with van der Waals surface area (Å²) in [6.07, 6.45) is 0. The number of carbonyl (C=O) groups is 2. The number of likely N-dealkylation sites (tertiary alicyclic amines) is 1. The van der Waals surface area contributed by atoms with E-state index >= 15 is 0 Å². The van der Waals surface area contributed by atoms with Gasteiger partial charge in [0.15, 0.2) is 5.78 Å². The van der Waals surface area contributed by atoms with Crippen molar-refractivity contribution >= 4 is 17.5 Å². The van der Waals surface area contributed by atoms with E-state index in [0.717, 1.165) is 0 Å². The van der Waals surface area contributed by atoms with Crippen LogP contribution < -0.4 is 5.32 Å². The van der Waals surface area contributed by atoms with Gasteiger partial charge >= 0.3 is 6.03 Å². The summed E-state index contributed by atoms with van der Waals surface area (Å²) in [7, 11) is 0. The summed E-state index contributed by atoms with van der Waals surface area (Å²) in [6.45, 7) is 6.08. The highest BCUT2D eigenvalue weighted by atomic mass is 16.3. The molecule has 0 saturated carbocycles. The minimum absolute atomic E-state index is 0.00684. The molecule has 5 heteroatoms. The van der Waals surface area contributed by atoms with Gasteiger partial charge in [0.25, 0.3) is 0 Å². The van der Waals surface area contributed by atoms with E-state index in [1.807, 2.05) is 13.8 Å². The zero-order valence-electron chi connectivity index (χ0n) is 12.0. The quantitative estimate of drug-likeness (QED) is 0.831. The summed E-state index contributed by atoms with van der Waals surface area (Å²) in [5.74, 6) is 0.119. The largest absolute Gasteiger partial charge is 0.386 e. The number of β-amino-alcohol motifs (C(OH)–C–C–N with tert-alkyl or cyclic N) is 1. The fourth-order valence-corrected chi connectivity index (χ4v) is 2.11. The smallest absolute Gasteiger partial charge is 0.322 e. The third-order valence-electron chi connectivity index (χ3n) is 3.83. The first-order chi connectivity index (χ1) is 9.32. The van der Waals surface area contributed by atoms with E-state index in [2.05, 4.69) is 5.32 Å². The molecule has 0 unspecified atom stereocenters. The van der Waals surface area contributed by atoms with Crippen molar-refractivity contribution in [2.24, 2.45) is 5.92 Å². The van der Waals surface area contributed by atoms with Crippen LogP contribution in [-0.2, 0) is 0 Å². The maximum absolute atomic E-state index is 12.0. The minimum Gasteiger partial charge on any atom is -0.386 e. The molecule has 1 aliphatic heterocycles. The number of Topliss-reactive ketones (excluding diaryl/α,β-unsaturated/α-hetero) is 1. The lowest BCUT2D eigenvalue weighted by Crippen LogP contribution is -2.66. The van der Waals surface area contributed by atoms with Crippen LogP contribution in [0.2, 0.25) is 0 Å². The molecule has 0 radical (unpaired) electrons. The Kier molecular flexibility index (Phi) is 3.81. The molecule has 2 rings (SSSR count). The van der Waals surface area contributed by atoms with Crippen molar-refractivity contribution in [3.05, 3.63) is 29.8 Å². The molecule has 108 valence electrons. The fourth-order valence-electron chi connectivity index (χ4n) is 2.11. The van der Waals surface area contributed by atoms with Crippen molar-refractivity contribution < 1.29 is 14.7 Å². The highest BCUT2D eigenvalue weighted by molar-refractivity contribution is 5.95. The van der Waals surface area contributed by atoms with E-state index < -0.39 is 5.60 Å². The predicted octanol–water partition coefficient (Wildman–Crippen LogP) is 2.12. The van der Waals surface area contributed by atoms with E-state index in [1.54, 1.807) is 29.2 Å². The maximum Gasteiger partial charge on any atom is 0.322 e. The lowest BCUT2D eigenvalue weighted by atomic mass is 9.83. The molecule has 5 nitrogen and oxygen atoms in total. The summed E-state index contributed by atoms with van der Waals surface area (Å²) in [5.41, 5.74) is 0.483. The molecule has 2 amide bonds. The summed E-state index contributed by atoms with van der Waals surface area (Å²) in [4.78, 5) is 24.7. The Morgan fingerprint density at radius 1 is 1.25 bits per heavy atom. The summed E-state index contributed by atoms with van der Waals surface area (Å²) >= 11 is 0. The molecule has 0 aliphatic carbocycles. The first-order valence-electron chi connectivity index (χ1n) is 6.71. The number of aliphatic hydroxyl groups is 1. The topological polar surface area (TPSA) is 69.6 Å². The van der Waals surface area contributed by atoms with Crippen LogP contribution in [0.3, 0.4) is 0 Å². The monoisotopic (exact) mass is 276 g/mol. The molecule has 1 aromatic carbocycles. The van der Waals surface area contributed by atoms with Crippen LogP contribution in [0, 0.1) is 5.92 Å². The SMILES string of the molecule is CC(=O)c1ccc(NC(=O)N2CC(O)(C(C)C)C2)cc1. The van der Waals surface area contributed by atoms with Gasteiger partial charge in [-0.25, -0.2) is 4.79 Å². The van der Waals surface area contributed by atoms with Crippen molar-refractivity contribution in [2.45, 2.75) is 26.4 Å². The molecule has 1 aliphatic rings. The Labute approximate surface area is 118 Å². The van der Waals surface area contributed by atoms with Gasteiger partial charge in [0.05, 0.1) is 13.1 Å². The van der Waals surface area contributed by atoms with Gasteiger partial charge in [0, 0.05) is 11.3 Å². The normalized spacial score (nSPS) is 16.8. The van der Waals surface area contributed by atoms with E-state index in [1.165, 1.54) is 6.92 Å². The van der Waals surface area contributed by atoms with Crippen LogP contribution in [0.15, 0.2) is 24.3 Å². The molecule has 1 heterocycles. The molecule has 20 heavy (non-hydrogen) atoms. The van der Waals surface area contributed by atoms with Gasteiger partial charge in [-0.15, -0.1) is 0 Å². The average Bonchev–Trinajstić information content (AvgIpc) is 2.35. The Bertz CT molecular complexity index is 516. The van der Waals surface area contributed by atoms with Crippen molar-refractivity contribution in [1.82, 2.24) is 4.90 Å². The number of hydrogen-bond acceptors (Lipinski definition) is 3. The standard InChI is InChI=1S/C15H20N2O3/c1-10(2)15(20)8-17(9-15)14(19)16-13-6-4-12(5-7-13)11(3)18/h4-7,10,20H,8-9H2,1-3H3,(H,16,19). The third kappa shape index (κ3) is 2.82. The van der Waals surface area contributed by atoms with Crippen LogP contribution in [0.1, 0.15) is 31.1 Å². The minimum atomic E-state index is -0.768. The second-order valence-electron chi connectivity index (χ2n) is 5.68. The first-order valence-corrected chi connectivity index (χ1v) is 6.71. The number of amides is 2. The van der Waals surface area contributed by atoms with Crippen LogP contribution in [0.25, 0.3) is 0 Å². The summed E-state index contributed by atoms with van der Waals surface area (Å²) < 4.78 is 0.